The van der Waals surface area contributed by atoms with Crippen LogP contribution in [0.4, 0.5) is 11.4 Å². The predicted molar refractivity (Wildman–Crippen MR) is 99.8 cm³/mol. The molecule has 0 radical (unpaired) electrons. The van der Waals surface area contributed by atoms with E-state index in [-0.39, 0.29) is 10.6 Å². The van der Waals surface area contributed by atoms with E-state index in [1.807, 2.05) is 24.3 Å². The third-order valence-corrected chi connectivity index (χ3v) is 5.40. The van der Waals surface area contributed by atoms with Crippen molar-refractivity contribution in [3.63, 3.8) is 0 Å². The SMILES string of the molecule is COc1cc2nccc(Nc3ccc4scnc4c3)c2cc1[SH](=O)=O. The Hall–Kier alpha value is -2.71. The van der Waals surface area contributed by atoms with Crippen LogP contribution in [0, 0.1) is 0 Å². The van der Waals surface area contributed by atoms with Crippen LogP contribution in [0.3, 0.4) is 0 Å². The molecular formula is C17H13N3O3S2. The summed E-state index contributed by atoms with van der Waals surface area (Å²) in [5.74, 6) is 0.289. The number of pyridine rings is 1. The van der Waals surface area contributed by atoms with Gasteiger partial charge in [-0.3, -0.25) is 4.98 Å². The Morgan fingerprint density at radius 1 is 1.08 bits per heavy atom. The molecule has 0 aliphatic heterocycles. The topological polar surface area (TPSA) is 81.2 Å². The van der Waals surface area contributed by atoms with Crippen LogP contribution in [0.2, 0.25) is 0 Å². The molecule has 0 aliphatic rings. The van der Waals surface area contributed by atoms with Crippen molar-refractivity contribution in [2.45, 2.75) is 4.90 Å². The second-order valence-electron chi connectivity index (χ2n) is 5.32. The number of thiol groups is 1. The van der Waals surface area contributed by atoms with Gasteiger partial charge in [0.25, 0.3) is 0 Å². The highest BCUT2D eigenvalue weighted by Gasteiger charge is 2.11. The maximum Gasteiger partial charge on any atom is 0.171 e. The number of aromatic nitrogens is 2. The van der Waals surface area contributed by atoms with Crippen molar-refractivity contribution in [2.75, 3.05) is 12.4 Å². The third-order valence-electron chi connectivity index (χ3n) is 3.85. The van der Waals surface area contributed by atoms with Crippen molar-refractivity contribution in [2.24, 2.45) is 0 Å². The number of anilines is 2. The molecule has 2 heterocycles. The fourth-order valence-corrected chi connectivity index (χ4v) is 3.90. The lowest BCUT2D eigenvalue weighted by Gasteiger charge is -2.11. The van der Waals surface area contributed by atoms with Crippen LogP contribution < -0.4 is 10.1 Å². The summed E-state index contributed by atoms with van der Waals surface area (Å²) >= 11 is 1.58. The van der Waals surface area contributed by atoms with Crippen LogP contribution in [0.25, 0.3) is 21.1 Å². The fourth-order valence-electron chi connectivity index (χ4n) is 2.67. The molecule has 0 aliphatic carbocycles. The molecule has 0 saturated carbocycles. The largest absolute Gasteiger partial charge is 0.495 e. The van der Waals surface area contributed by atoms with E-state index >= 15 is 0 Å². The van der Waals surface area contributed by atoms with Crippen molar-refractivity contribution < 1.29 is 13.2 Å². The van der Waals surface area contributed by atoms with E-state index in [1.165, 1.54) is 7.11 Å². The molecule has 0 atom stereocenters. The van der Waals surface area contributed by atoms with Gasteiger partial charge in [0.05, 0.1) is 28.4 Å². The zero-order chi connectivity index (χ0) is 17.4. The molecule has 0 amide bonds. The van der Waals surface area contributed by atoms with E-state index < -0.39 is 10.7 Å². The van der Waals surface area contributed by atoms with Crippen LogP contribution in [0.1, 0.15) is 0 Å². The number of hydrogen-bond acceptors (Lipinski definition) is 7. The molecule has 2 aromatic carbocycles. The number of nitrogens with one attached hydrogen (secondary N) is 1. The van der Waals surface area contributed by atoms with Gasteiger partial charge in [0, 0.05) is 29.0 Å². The van der Waals surface area contributed by atoms with Gasteiger partial charge in [-0.1, -0.05) is 0 Å². The van der Waals surface area contributed by atoms with Gasteiger partial charge in [-0.05, 0) is 30.3 Å². The first-order valence-corrected chi connectivity index (χ1v) is 9.43. The minimum atomic E-state index is -2.77. The van der Waals surface area contributed by atoms with Crippen molar-refractivity contribution in [1.82, 2.24) is 9.97 Å². The first-order chi connectivity index (χ1) is 12.2. The molecule has 0 spiro atoms. The Labute approximate surface area is 149 Å². The average molecular weight is 371 g/mol. The summed E-state index contributed by atoms with van der Waals surface area (Å²) in [5.41, 5.74) is 5.00. The van der Waals surface area contributed by atoms with Crippen LogP contribution in [-0.2, 0) is 10.7 Å². The molecule has 2 aromatic heterocycles. The average Bonchev–Trinajstić information content (AvgIpc) is 3.08. The molecule has 4 aromatic rings. The van der Waals surface area contributed by atoms with Gasteiger partial charge in [-0.25, -0.2) is 13.4 Å². The Morgan fingerprint density at radius 2 is 1.96 bits per heavy atom. The standard InChI is InChI=1S/C17H13N3O3S2/c1-23-15-8-13-11(7-17(15)25(21)22)12(4-5-18-13)20-10-2-3-16-14(6-10)19-9-24-16/h2-9,25H,1H3,(H,18,20). The number of benzene rings is 2. The highest BCUT2D eigenvalue weighted by Crippen LogP contribution is 2.32. The van der Waals surface area contributed by atoms with Gasteiger partial charge in [-0.2, -0.15) is 0 Å². The molecule has 8 heteroatoms. The Bertz CT molecular complexity index is 1160. The van der Waals surface area contributed by atoms with E-state index in [9.17, 15) is 8.42 Å². The molecule has 25 heavy (non-hydrogen) atoms. The maximum absolute atomic E-state index is 11.5. The summed E-state index contributed by atoms with van der Waals surface area (Å²) < 4.78 is 29.3. The van der Waals surface area contributed by atoms with E-state index in [1.54, 1.807) is 35.2 Å². The lowest BCUT2D eigenvalue weighted by molar-refractivity contribution is 0.404. The predicted octanol–water partition coefficient (Wildman–Crippen LogP) is 3.57. The van der Waals surface area contributed by atoms with Gasteiger partial charge >= 0.3 is 0 Å². The molecule has 0 bridgehead atoms. The zero-order valence-corrected chi connectivity index (χ0v) is 14.8. The summed E-state index contributed by atoms with van der Waals surface area (Å²) in [6, 6.07) is 10.9. The smallest absolute Gasteiger partial charge is 0.171 e. The minimum absolute atomic E-state index is 0.135. The zero-order valence-electron chi connectivity index (χ0n) is 13.1. The van der Waals surface area contributed by atoms with Crippen molar-refractivity contribution in [3.05, 3.63) is 48.1 Å². The molecular weight excluding hydrogens is 358 g/mol. The normalized spacial score (nSPS) is 11.3. The van der Waals surface area contributed by atoms with Crippen LogP contribution in [0.15, 0.2) is 53.0 Å². The van der Waals surface area contributed by atoms with Gasteiger partial charge in [0.15, 0.2) is 10.7 Å². The summed E-state index contributed by atoms with van der Waals surface area (Å²) in [7, 11) is -1.33. The monoisotopic (exact) mass is 371 g/mol. The van der Waals surface area contributed by atoms with Crippen LogP contribution >= 0.6 is 11.3 Å². The molecule has 0 unspecified atom stereocenters. The molecule has 0 fully saturated rings. The quantitative estimate of drug-likeness (QED) is 0.534. The Morgan fingerprint density at radius 3 is 2.76 bits per heavy atom. The highest BCUT2D eigenvalue weighted by molar-refractivity contribution is 7.72. The van der Waals surface area contributed by atoms with Crippen LogP contribution in [0.5, 0.6) is 5.75 Å². The van der Waals surface area contributed by atoms with E-state index in [0.717, 1.165) is 21.6 Å². The summed E-state index contributed by atoms with van der Waals surface area (Å²) in [6.07, 6.45) is 1.67. The first-order valence-electron chi connectivity index (χ1n) is 7.37. The first kappa shape index (κ1) is 15.8. The van der Waals surface area contributed by atoms with E-state index in [4.69, 9.17) is 4.74 Å². The number of ether oxygens (including phenoxy) is 1. The van der Waals surface area contributed by atoms with Crippen molar-refractivity contribution >= 4 is 54.5 Å². The lowest BCUT2D eigenvalue weighted by Crippen LogP contribution is -1.96. The van der Waals surface area contributed by atoms with Crippen molar-refractivity contribution in [1.29, 1.82) is 0 Å². The number of nitrogens with zero attached hydrogens (tertiary/aromatic N) is 2. The summed E-state index contributed by atoms with van der Waals surface area (Å²) in [4.78, 5) is 8.75. The number of thiazole rings is 1. The van der Waals surface area contributed by atoms with Crippen LogP contribution in [-0.4, -0.2) is 25.5 Å². The molecule has 6 nitrogen and oxygen atoms in total. The van der Waals surface area contributed by atoms with Gasteiger partial charge < -0.3 is 10.1 Å². The minimum Gasteiger partial charge on any atom is -0.495 e. The van der Waals surface area contributed by atoms with E-state index in [2.05, 4.69) is 15.3 Å². The number of rotatable bonds is 4. The number of methoxy groups -OCH3 is 1. The second kappa shape index (κ2) is 6.30. The van der Waals surface area contributed by atoms with Gasteiger partial charge in [0.1, 0.15) is 10.6 Å². The second-order valence-corrected chi connectivity index (χ2v) is 7.20. The molecule has 0 saturated heterocycles. The molecule has 126 valence electrons. The van der Waals surface area contributed by atoms with Gasteiger partial charge in [-0.15, -0.1) is 11.3 Å². The summed E-state index contributed by atoms with van der Waals surface area (Å²) in [6.45, 7) is 0. The summed E-state index contributed by atoms with van der Waals surface area (Å²) in [5, 5.41) is 4.02. The number of fused-ring (bicyclic) bond motifs is 2. The lowest BCUT2D eigenvalue weighted by atomic mass is 10.1. The highest BCUT2D eigenvalue weighted by atomic mass is 32.2. The molecule has 4 rings (SSSR count). The Kier molecular flexibility index (Phi) is 3.98. The maximum atomic E-state index is 11.5. The van der Waals surface area contributed by atoms with E-state index in [0.29, 0.717) is 10.9 Å². The van der Waals surface area contributed by atoms with Gasteiger partial charge in [0.2, 0.25) is 0 Å². The fraction of sp³-hybridized carbons (Fsp3) is 0.0588. The molecule has 1 N–H and O–H groups in total. The Balaban J connectivity index is 1.84. The third kappa shape index (κ3) is 2.90. The van der Waals surface area contributed by atoms with Crippen molar-refractivity contribution in [3.8, 4) is 5.75 Å². The number of hydrogen-bond donors (Lipinski definition) is 2.